The fourth-order valence-corrected chi connectivity index (χ4v) is 1.79. The van der Waals surface area contributed by atoms with E-state index in [4.69, 9.17) is 10.2 Å². The lowest BCUT2D eigenvalue weighted by molar-refractivity contribution is 0.103. The van der Waals surface area contributed by atoms with Crippen molar-refractivity contribution in [1.29, 1.82) is 0 Å². The third-order valence-corrected chi connectivity index (χ3v) is 2.79. The molecule has 2 aliphatic rings. The van der Waals surface area contributed by atoms with E-state index in [1.54, 1.807) is 0 Å². The highest BCUT2D eigenvalue weighted by molar-refractivity contribution is 4.75. The van der Waals surface area contributed by atoms with Crippen molar-refractivity contribution in [2.24, 2.45) is 0 Å². The van der Waals surface area contributed by atoms with Gasteiger partial charge in [-0.15, -0.1) is 0 Å². The molecule has 0 aliphatic heterocycles. The Labute approximate surface area is 82.9 Å². The van der Waals surface area contributed by atoms with Gasteiger partial charge in [0.15, 0.2) is 0 Å². The molecule has 2 rings (SSSR count). The summed E-state index contributed by atoms with van der Waals surface area (Å²) in [7, 11) is 0. The topological polar surface area (TPSA) is 40.5 Å². The molecule has 2 fully saturated rings. The van der Waals surface area contributed by atoms with Gasteiger partial charge in [-0.1, -0.05) is 0 Å². The first-order valence-electron chi connectivity index (χ1n) is 5.25. The van der Waals surface area contributed by atoms with Gasteiger partial charge >= 0.3 is 0 Å². The molecule has 2 aliphatic carbocycles. The monoisotopic (exact) mass is 208 g/mol. The van der Waals surface area contributed by atoms with Gasteiger partial charge in [-0.3, -0.25) is 0 Å². The minimum absolute atomic E-state index is 0.557. The molecule has 14 heavy (non-hydrogen) atoms. The third-order valence-electron chi connectivity index (χ3n) is 2.79. The zero-order chi connectivity index (χ0) is 10.6. The first-order valence-corrected chi connectivity index (χ1v) is 5.25. The highest BCUT2D eigenvalue weighted by Gasteiger charge is 2.24. The van der Waals surface area contributed by atoms with Crippen molar-refractivity contribution in [3.63, 3.8) is 0 Å². The molecule has 0 aromatic carbocycles. The van der Waals surface area contributed by atoms with E-state index in [9.17, 15) is 8.78 Å². The Morgan fingerprint density at radius 1 is 0.714 bits per heavy atom. The van der Waals surface area contributed by atoms with Crippen LogP contribution in [0.5, 0.6) is 0 Å². The summed E-state index contributed by atoms with van der Waals surface area (Å²) >= 11 is 0. The van der Waals surface area contributed by atoms with Gasteiger partial charge in [0.1, 0.15) is 12.3 Å². The largest absolute Gasteiger partial charge is 0.390 e. The summed E-state index contributed by atoms with van der Waals surface area (Å²) in [4.78, 5) is 0. The Morgan fingerprint density at radius 3 is 1.14 bits per heavy atom. The average molecular weight is 208 g/mol. The molecule has 0 aromatic rings. The van der Waals surface area contributed by atoms with Crippen LogP contribution in [0.1, 0.15) is 38.5 Å². The highest BCUT2D eigenvalue weighted by Crippen LogP contribution is 2.21. The lowest BCUT2D eigenvalue weighted by Crippen LogP contribution is -2.12. The molecule has 0 aromatic heterocycles. The zero-order valence-corrected chi connectivity index (χ0v) is 8.20. The maximum atomic E-state index is 12.1. The van der Waals surface area contributed by atoms with Gasteiger partial charge in [0.05, 0.1) is 12.2 Å². The van der Waals surface area contributed by atoms with Crippen LogP contribution >= 0.6 is 0 Å². The quantitative estimate of drug-likeness (QED) is 0.636. The molecule has 2 nitrogen and oxygen atoms in total. The van der Waals surface area contributed by atoms with E-state index in [2.05, 4.69) is 0 Å². The van der Waals surface area contributed by atoms with Gasteiger partial charge in [0.25, 0.3) is 0 Å². The second-order valence-corrected chi connectivity index (χ2v) is 4.03. The van der Waals surface area contributed by atoms with Crippen molar-refractivity contribution < 1.29 is 19.0 Å². The first kappa shape index (κ1) is 11.9. The summed E-state index contributed by atoms with van der Waals surface area (Å²) in [6, 6.07) is 0. The van der Waals surface area contributed by atoms with Crippen LogP contribution in [-0.4, -0.2) is 34.8 Å². The zero-order valence-electron chi connectivity index (χ0n) is 8.20. The van der Waals surface area contributed by atoms with Gasteiger partial charge in [-0.2, -0.15) is 0 Å². The standard InChI is InChI=1S/2C5H9FO/c2*6-4-2-1-3-5(4)7/h2*4-5,7H,1-3H2/t2*4-,5-/m10/s1. The number of hydrogen-bond donors (Lipinski definition) is 2. The lowest BCUT2D eigenvalue weighted by atomic mass is 10.3. The summed E-state index contributed by atoms with van der Waals surface area (Å²) in [5.74, 6) is 0. The molecule has 0 heterocycles. The second-order valence-electron chi connectivity index (χ2n) is 4.03. The molecule has 0 radical (unpaired) electrons. The number of aliphatic hydroxyl groups excluding tert-OH is 2. The highest BCUT2D eigenvalue weighted by atomic mass is 19.1. The van der Waals surface area contributed by atoms with Crippen molar-refractivity contribution in [2.45, 2.75) is 63.1 Å². The number of alkyl halides is 2. The summed E-state index contributed by atoms with van der Waals surface area (Å²) < 4.78 is 24.1. The van der Waals surface area contributed by atoms with E-state index in [1.807, 2.05) is 0 Å². The second kappa shape index (κ2) is 5.61. The molecule has 84 valence electrons. The minimum Gasteiger partial charge on any atom is -0.390 e. The molecule has 4 heteroatoms. The average Bonchev–Trinajstić information content (AvgIpc) is 2.67. The third kappa shape index (κ3) is 3.50. The molecular formula is C10H18F2O2. The molecule has 2 saturated carbocycles. The molecule has 0 saturated heterocycles. The Hall–Kier alpha value is -0.220. The molecule has 4 atom stereocenters. The van der Waals surface area contributed by atoms with Gasteiger partial charge in [-0.05, 0) is 38.5 Å². The molecule has 2 N–H and O–H groups in total. The SMILES string of the molecule is O[C@@H]1CCC[C@H]1F.O[C@H]1CCC[C@@H]1F. The smallest absolute Gasteiger partial charge is 0.126 e. The van der Waals surface area contributed by atoms with Crippen LogP contribution in [0.25, 0.3) is 0 Å². The minimum atomic E-state index is -0.931. The number of hydrogen-bond acceptors (Lipinski definition) is 2. The Bertz CT molecular complexity index is 132. The van der Waals surface area contributed by atoms with Crippen molar-refractivity contribution in [2.75, 3.05) is 0 Å². The van der Waals surface area contributed by atoms with Gasteiger partial charge in [-0.25, -0.2) is 8.78 Å². The van der Waals surface area contributed by atoms with Gasteiger partial charge in [0, 0.05) is 0 Å². The van der Waals surface area contributed by atoms with Crippen molar-refractivity contribution in [1.82, 2.24) is 0 Å². The summed E-state index contributed by atoms with van der Waals surface area (Å²) in [6.07, 6.45) is 0.954. The molecule has 0 unspecified atom stereocenters. The fraction of sp³-hybridized carbons (Fsp3) is 1.00. The van der Waals surface area contributed by atoms with E-state index >= 15 is 0 Å². The van der Waals surface area contributed by atoms with E-state index in [1.165, 1.54) is 0 Å². The normalized spacial score (nSPS) is 42.0. The number of rotatable bonds is 0. The van der Waals surface area contributed by atoms with E-state index in [0.717, 1.165) is 12.8 Å². The van der Waals surface area contributed by atoms with E-state index < -0.39 is 24.6 Å². The van der Waals surface area contributed by atoms with Crippen LogP contribution in [-0.2, 0) is 0 Å². The van der Waals surface area contributed by atoms with Crippen molar-refractivity contribution >= 4 is 0 Å². The van der Waals surface area contributed by atoms with Crippen molar-refractivity contribution in [3.8, 4) is 0 Å². The maximum Gasteiger partial charge on any atom is 0.126 e. The molecule has 0 spiro atoms. The van der Waals surface area contributed by atoms with Crippen LogP contribution in [0.15, 0.2) is 0 Å². The van der Waals surface area contributed by atoms with Gasteiger partial charge < -0.3 is 10.2 Å². The molecular weight excluding hydrogens is 190 g/mol. The van der Waals surface area contributed by atoms with Crippen LogP contribution in [0.2, 0.25) is 0 Å². The number of halogens is 2. The molecule has 0 bridgehead atoms. The molecule has 0 amide bonds. The predicted molar refractivity (Wildman–Crippen MR) is 49.5 cm³/mol. The van der Waals surface area contributed by atoms with Crippen molar-refractivity contribution in [3.05, 3.63) is 0 Å². The van der Waals surface area contributed by atoms with Crippen LogP contribution in [0.4, 0.5) is 8.78 Å². The lowest BCUT2D eigenvalue weighted by Gasteiger charge is -2.00. The maximum absolute atomic E-state index is 12.1. The van der Waals surface area contributed by atoms with E-state index in [0.29, 0.717) is 25.7 Å². The Balaban J connectivity index is 0.000000140. The Kier molecular flexibility index (Phi) is 4.75. The summed E-state index contributed by atoms with van der Waals surface area (Å²) in [6.45, 7) is 0. The Morgan fingerprint density at radius 2 is 1.07 bits per heavy atom. The summed E-state index contributed by atoms with van der Waals surface area (Å²) in [5, 5.41) is 17.2. The van der Waals surface area contributed by atoms with Gasteiger partial charge in [0.2, 0.25) is 0 Å². The van der Waals surface area contributed by atoms with Crippen LogP contribution in [0, 0.1) is 0 Å². The fourth-order valence-electron chi connectivity index (χ4n) is 1.79. The van der Waals surface area contributed by atoms with Crippen LogP contribution in [0.3, 0.4) is 0 Å². The predicted octanol–water partition coefficient (Wildman–Crippen LogP) is 1.74. The van der Waals surface area contributed by atoms with Crippen LogP contribution < -0.4 is 0 Å². The summed E-state index contributed by atoms with van der Waals surface area (Å²) in [5.41, 5.74) is 0. The first-order chi connectivity index (χ1) is 6.61. The van der Waals surface area contributed by atoms with E-state index in [-0.39, 0.29) is 0 Å². The number of aliphatic hydroxyl groups is 2.